The van der Waals surface area contributed by atoms with E-state index in [1.165, 1.54) is 0 Å². The average molecular weight is 340 g/mol. The maximum absolute atomic E-state index is 12.5. The van der Waals surface area contributed by atoms with E-state index in [-0.39, 0.29) is 11.1 Å². The van der Waals surface area contributed by atoms with Crippen LogP contribution in [0.4, 0.5) is 5.69 Å². The summed E-state index contributed by atoms with van der Waals surface area (Å²) in [6.45, 7) is 1.96. The summed E-state index contributed by atoms with van der Waals surface area (Å²) >= 11 is 9.28. The zero-order chi connectivity index (χ0) is 14.0. The molecule has 1 aromatic heterocycles. The lowest BCUT2D eigenvalue weighted by atomic mass is 10.1. The number of carbonyl (C=O) groups excluding carboxylic acids is 1. The summed E-state index contributed by atoms with van der Waals surface area (Å²) in [6, 6.07) is 9.36. The van der Waals surface area contributed by atoms with Crippen LogP contribution in [0.3, 0.4) is 0 Å². The fourth-order valence-electron chi connectivity index (χ4n) is 1.80. The van der Waals surface area contributed by atoms with E-state index in [1.54, 1.807) is 24.2 Å². The fourth-order valence-corrected chi connectivity index (χ4v) is 2.32. The molecule has 0 aliphatic rings. The minimum Gasteiger partial charge on any atom is -0.311 e. The summed E-state index contributed by atoms with van der Waals surface area (Å²) in [7, 11) is 1.72. The Morgan fingerprint density at radius 1 is 1.37 bits per heavy atom. The molecule has 3 nitrogen and oxygen atoms in total. The summed E-state index contributed by atoms with van der Waals surface area (Å²) in [4.78, 5) is 18.0. The van der Waals surface area contributed by atoms with Crippen molar-refractivity contribution in [2.45, 2.75) is 6.92 Å². The quantitative estimate of drug-likeness (QED) is 0.772. The first-order valence-electron chi connectivity index (χ1n) is 5.65. The zero-order valence-corrected chi connectivity index (χ0v) is 12.9. The zero-order valence-electron chi connectivity index (χ0n) is 10.5. The third-order valence-corrected chi connectivity index (χ3v) is 3.55. The average Bonchev–Trinajstić information content (AvgIpc) is 2.40. The van der Waals surface area contributed by atoms with E-state index in [0.29, 0.717) is 5.56 Å². The smallest absolute Gasteiger partial charge is 0.261 e. The summed E-state index contributed by atoms with van der Waals surface area (Å²) in [5.74, 6) is -0.187. The van der Waals surface area contributed by atoms with Gasteiger partial charge >= 0.3 is 0 Å². The van der Waals surface area contributed by atoms with Crippen LogP contribution >= 0.6 is 27.5 Å². The molecule has 0 saturated carbocycles. The Balaban J connectivity index is 2.39. The fraction of sp³-hybridized carbons (Fsp3) is 0.143. The lowest BCUT2D eigenvalue weighted by Gasteiger charge is -2.19. The van der Waals surface area contributed by atoms with Gasteiger partial charge in [0.15, 0.2) is 0 Å². The molecule has 0 bridgehead atoms. The molecule has 0 unspecified atom stereocenters. The van der Waals surface area contributed by atoms with Crippen LogP contribution in [0, 0.1) is 6.92 Å². The van der Waals surface area contributed by atoms with Crippen molar-refractivity contribution >= 4 is 39.1 Å². The van der Waals surface area contributed by atoms with Crippen molar-refractivity contribution in [1.29, 1.82) is 0 Å². The summed E-state index contributed by atoms with van der Waals surface area (Å²) in [6.07, 6.45) is 1.56. The molecular formula is C14H12BrClN2O. The lowest BCUT2D eigenvalue weighted by Crippen LogP contribution is -2.27. The molecule has 19 heavy (non-hydrogen) atoms. The van der Waals surface area contributed by atoms with Gasteiger partial charge in [0.25, 0.3) is 5.91 Å². The molecule has 0 fully saturated rings. The van der Waals surface area contributed by atoms with Gasteiger partial charge in [0.2, 0.25) is 0 Å². The number of halogens is 2. The van der Waals surface area contributed by atoms with Gasteiger partial charge in [-0.25, -0.2) is 4.98 Å². The highest BCUT2D eigenvalue weighted by molar-refractivity contribution is 9.10. The van der Waals surface area contributed by atoms with Crippen LogP contribution in [0.5, 0.6) is 0 Å². The number of para-hydroxylation sites is 1. The molecule has 0 atom stereocenters. The Kier molecular flexibility index (Phi) is 4.22. The number of aromatic nitrogens is 1. The molecule has 0 radical (unpaired) electrons. The monoisotopic (exact) mass is 338 g/mol. The Morgan fingerprint density at radius 2 is 2.05 bits per heavy atom. The number of benzene rings is 1. The minimum atomic E-state index is -0.187. The van der Waals surface area contributed by atoms with Gasteiger partial charge < -0.3 is 4.90 Å². The van der Waals surface area contributed by atoms with E-state index in [4.69, 9.17) is 11.6 Å². The highest BCUT2D eigenvalue weighted by Gasteiger charge is 2.18. The molecule has 1 heterocycles. The van der Waals surface area contributed by atoms with E-state index in [1.807, 2.05) is 31.2 Å². The standard InChI is InChI=1S/C14H12BrClN2O/c1-9-5-3-4-6-12(9)18(2)14(19)11-7-10(15)8-17-13(11)16/h3-8H,1-2H3. The van der Waals surface area contributed by atoms with E-state index >= 15 is 0 Å². The maximum atomic E-state index is 12.5. The van der Waals surface area contributed by atoms with Crippen molar-refractivity contribution < 1.29 is 4.79 Å². The molecular weight excluding hydrogens is 328 g/mol. The number of carbonyl (C=O) groups is 1. The second-order valence-corrected chi connectivity index (χ2v) is 5.42. The van der Waals surface area contributed by atoms with Gasteiger partial charge in [-0.2, -0.15) is 0 Å². The molecule has 5 heteroatoms. The topological polar surface area (TPSA) is 33.2 Å². The number of hydrogen-bond donors (Lipinski definition) is 0. The second-order valence-electron chi connectivity index (χ2n) is 4.14. The van der Waals surface area contributed by atoms with Crippen molar-refractivity contribution in [3.63, 3.8) is 0 Å². The molecule has 1 aromatic carbocycles. The minimum absolute atomic E-state index is 0.187. The molecule has 0 aliphatic carbocycles. The van der Waals surface area contributed by atoms with E-state index < -0.39 is 0 Å². The Labute approximate surface area is 125 Å². The molecule has 98 valence electrons. The first-order valence-corrected chi connectivity index (χ1v) is 6.82. The molecule has 0 aliphatic heterocycles. The third kappa shape index (κ3) is 2.96. The first-order chi connectivity index (χ1) is 9.00. The second kappa shape index (κ2) is 5.72. The molecule has 0 spiro atoms. The normalized spacial score (nSPS) is 10.3. The van der Waals surface area contributed by atoms with E-state index in [9.17, 15) is 4.79 Å². The first kappa shape index (κ1) is 14.0. The number of aryl methyl sites for hydroxylation is 1. The number of hydrogen-bond acceptors (Lipinski definition) is 2. The van der Waals surface area contributed by atoms with Crippen molar-refractivity contribution in [2.75, 3.05) is 11.9 Å². The molecule has 2 aromatic rings. The summed E-state index contributed by atoms with van der Waals surface area (Å²) < 4.78 is 0.721. The Morgan fingerprint density at radius 3 is 2.74 bits per heavy atom. The van der Waals surface area contributed by atoms with E-state index in [2.05, 4.69) is 20.9 Å². The van der Waals surface area contributed by atoms with Crippen LogP contribution in [0.25, 0.3) is 0 Å². The molecule has 0 N–H and O–H groups in total. The van der Waals surface area contributed by atoms with Gasteiger partial charge in [0, 0.05) is 23.4 Å². The molecule has 2 rings (SSSR count). The number of anilines is 1. The van der Waals surface area contributed by atoms with Gasteiger partial charge in [-0.05, 0) is 40.5 Å². The number of pyridine rings is 1. The predicted octanol–water partition coefficient (Wildman–Crippen LogP) is 4.08. The van der Waals surface area contributed by atoms with Crippen LogP contribution < -0.4 is 4.90 Å². The number of amides is 1. The summed E-state index contributed by atoms with van der Waals surface area (Å²) in [5, 5.41) is 0.202. The number of nitrogens with zero attached hydrogens (tertiary/aromatic N) is 2. The van der Waals surface area contributed by atoms with Gasteiger partial charge in [-0.1, -0.05) is 29.8 Å². The van der Waals surface area contributed by atoms with Crippen molar-refractivity contribution in [3.8, 4) is 0 Å². The Hall–Kier alpha value is -1.39. The predicted molar refractivity (Wildman–Crippen MR) is 80.9 cm³/mol. The van der Waals surface area contributed by atoms with Crippen LogP contribution in [0.15, 0.2) is 41.0 Å². The van der Waals surface area contributed by atoms with Crippen LogP contribution in [0.1, 0.15) is 15.9 Å². The van der Waals surface area contributed by atoms with Crippen LogP contribution in [-0.2, 0) is 0 Å². The van der Waals surface area contributed by atoms with Crippen molar-refractivity contribution in [2.24, 2.45) is 0 Å². The van der Waals surface area contributed by atoms with Gasteiger partial charge in [-0.3, -0.25) is 4.79 Å². The lowest BCUT2D eigenvalue weighted by molar-refractivity contribution is 0.0992. The SMILES string of the molecule is Cc1ccccc1N(C)C(=O)c1cc(Br)cnc1Cl. The van der Waals surface area contributed by atoms with Crippen LogP contribution in [0.2, 0.25) is 5.15 Å². The molecule has 1 amide bonds. The largest absolute Gasteiger partial charge is 0.311 e. The van der Waals surface area contributed by atoms with Gasteiger partial charge in [-0.15, -0.1) is 0 Å². The van der Waals surface area contributed by atoms with Gasteiger partial charge in [0.05, 0.1) is 5.56 Å². The summed E-state index contributed by atoms with van der Waals surface area (Å²) in [5.41, 5.74) is 2.25. The Bertz CT molecular complexity index is 631. The highest BCUT2D eigenvalue weighted by Crippen LogP contribution is 2.24. The van der Waals surface area contributed by atoms with Crippen molar-refractivity contribution in [3.05, 3.63) is 57.3 Å². The third-order valence-electron chi connectivity index (χ3n) is 2.82. The van der Waals surface area contributed by atoms with Crippen molar-refractivity contribution in [1.82, 2.24) is 4.98 Å². The van der Waals surface area contributed by atoms with E-state index in [0.717, 1.165) is 15.7 Å². The number of rotatable bonds is 2. The maximum Gasteiger partial charge on any atom is 0.261 e. The highest BCUT2D eigenvalue weighted by atomic mass is 79.9. The van der Waals surface area contributed by atoms with Gasteiger partial charge in [0.1, 0.15) is 5.15 Å². The molecule has 0 saturated heterocycles. The van der Waals surface area contributed by atoms with Crippen LogP contribution in [-0.4, -0.2) is 17.9 Å².